The van der Waals surface area contributed by atoms with Crippen LogP contribution in [-0.2, 0) is 0 Å². The van der Waals surface area contributed by atoms with E-state index in [-0.39, 0.29) is 17.5 Å². The van der Waals surface area contributed by atoms with Gasteiger partial charge in [0.1, 0.15) is 11.6 Å². The Labute approximate surface area is 91.9 Å². The van der Waals surface area contributed by atoms with Crippen LogP contribution in [0.4, 0.5) is 10.2 Å². The molecule has 0 saturated heterocycles. The van der Waals surface area contributed by atoms with E-state index in [0.29, 0.717) is 5.75 Å². The lowest BCUT2D eigenvalue weighted by Gasteiger charge is -2.08. The molecule has 0 aliphatic carbocycles. The molecule has 0 saturated carbocycles. The predicted octanol–water partition coefficient (Wildman–Crippen LogP) is 2.30. The van der Waals surface area contributed by atoms with Crippen LogP contribution in [0.25, 0.3) is 0 Å². The molecule has 0 fully saturated rings. The van der Waals surface area contributed by atoms with Crippen molar-refractivity contribution in [2.45, 2.75) is 6.92 Å². The summed E-state index contributed by atoms with van der Waals surface area (Å²) in [6, 6.07) is 4.27. The smallest absolute Gasteiger partial charge is 0.262 e. The van der Waals surface area contributed by atoms with E-state index in [2.05, 4.69) is 9.97 Å². The summed E-state index contributed by atoms with van der Waals surface area (Å²) >= 11 is 0. The number of aryl methyl sites for hydroxylation is 1. The van der Waals surface area contributed by atoms with E-state index in [1.165, 1.54) is 24.5 Å². The molecule has 0 aliphatic rings. The zero-order chi connectivity index (χ0) is 11.5. The van der Waals surface area contributed by atoms with E-state index in [9.17, 15) is 4.39 Å². The van der Waals surface area contributed by atoms with Gasteiger partial charge in [-0.15, -0.1) is 0 Å². The van der Waals surface area contributed by atoms with Gasteiger partial charge in [-0.1, -0.05) is 6.07 Å². The fourth-order valence-electron chi connectivity index (χ4n) is 1.20. The number of nitrogens with zero attached hydrogens (tertiary/aromatic N) is 2. The van der Waals surface area contributed by atoms with E-state index in [4.69, 9.17) is 10.5 Å². The molecule has 0 radical (unpaired) electrons. The number of halogens is 1. The van der Waals surface area contributed by atoms with Gasteiger partial charge in [0.05, 0.1) is 0 Å². The first-order chi connectivity index (χ1) is 7.66. The van der Waals surface area contributed by atoms with Gasteiger partial charge < -0.3 is 10.5 Å². The molecular formula is C11H10FN3O. The molecule has 2 rings (SSSR count). The summed E-state index contributed by atoms with van der Waals surface area (Å²) in [6.07, 6.45) is 2.92. The van der Waals surface area contributed by atoms with E-state index >= 15 is 0 Å². The van der Waals surface area contributed by atoms with Crippen LogP contribution < -0.4 is 10.5 Å². The Morgan fingerprint density at radius 3 is 2.75 bits per heavy atom. The van der Waals surface area contributed by atoms with Crippen LogP contribution in [0.15, 0.2) is 30.6 Å². The minimum Gasteiger partial charge on any atom is -0.436 e. The third kappa shape index (κ3) is 2.08. The van der Waals surface area contributed by atoms with Crippen molar-refractivity contribution in [2.24, 2.45) is 0 Å². The summed E-state index contributed by atoms with van der Waals surface area (Å²) in [7, 11) is 0. The van der Waals surface area contributed by atoms with Crippen LogP contribution in [0.2, 0.25) is 0 Å². The number of nitrogen functional groups attached to an aromatic ring is 1. The van der Waals surface area contributed by atoms with E-state index in [1.807, 2.05) is 0 Å². The fourth-order valence-corrected chi connectivity index (χ4v) is 1.20. The number of hydrogen-bond acceptors (Lipinski definition) is 4. The number of ether oxygens (including phenoxy) is 1. The first kappa shape index (κ1) is 10.4. The maximum atomic E-state index is 13.0. The maximum Gasteiger partial charge on any atom is 0.262 e. The molecule has 0 atom stereocenters. The standard InChI is InChI=1S/C11H10FN3O/c1-7-2-3-8(12)6-9(7)16-11-10(13)14-4-5-15-11/h2-6H,1H3,(H2,13,14). The summed E-state index contributed by atoms with van der Waals surface area (Å²) in [5.74, 6) is 0.359. The number of hydrogen-bond donors (Lipinski definition) is 1. The Morgan fingerprint density at radius 2 is 2.00 bits per heavy atom. The summed E-state index contributed by atoms with van der Waals surface area (Å²) in [6.45, 7) is 1.81. The molecular weight excluding hydrogens is 209 g/mol. The molecule has 0 aliphatic heterocycles. The molecule has 16 heavy (non-hydrogen) atoms. The summed E-state index contributed by atoms with van der Waals surface area (Å²) in [4.78, 5) is 7.74. The first-order valence-corrected chi connectivity index (χ1v) is 4.67. The van der Waals surface area contributed by atoms with Gasteiger partial charge in [-0.3, -0.25) is 0 Å². The van der Waals surface area contributed by atoms with Crippen molar-refractivity contribution in [3.05, 3.63) is 42.0 Å². The van der Waals surface area contributed by atoms with Gasteiger partial charge in [0, 0.05) is 18.5 Å². The summed E-state index contributed by atoms with van der Waals surface area (Å²) < 4.78 is 18.4. The van der Waals surface area contributed by atoms with E-state index in [0.717, 1.165) is 5.56 Å². The van der Waals surface area contributed by atoms with Gasteiger partial charge >= 0.3 is 0 Å². The van der Waals surface area contributed by atoms with Crippen LogP contribution in [0.5, 0.6) is 11.6 Å². The average Bonchev–Trinajstić information content (AvgIpc) is 2.27. The number of nitrogens with two attached hydrogens (primary N) is 1. The highest BCUT2D eigenvalue weighted by Crippen LogP contribution is 2.26. The number of benzene rings is 1. The molecule has 82 valence electrons. The Hall–Kier alpha value is -2.17. The third-order valence-electron chi connectivity index (χ3n) is 2.05. The minimum absolute atomic E-state index is 0.172. The van der Waals surface area contributed by atoms with Crippen LogP contribution >= 0.6 is 0 Å². The number of anilines is 1. The van der Waals surface area contributed by atoms with Gasteiger partial charge in [0.15, 0.2) is 5.82 Å². The summed E-state index contributed by atoms with van der Waals surface area (Å²) in [5.41, 5.74) is 6.36. The van der Waals surface area contributed by atoms with Gasteiger partial charge in [-0.05, 0) is 18.6 Å². The zero-order valence-electron chi connectivity index (χ0n) is 8.64. The van der Waals surface area contributed by atoms with E-state index in [1.54, 1.807) is 13.0 Å². The molecule has 2 aromatic rings. The van der Waals surface area contributed by atoms with Crippen molar-refractivity contribution in [1.29, 1.82) is 0 Å². The molecule has 2 N–H and O–H groups in total. The largest absolute Gasteiger partial charge is 0.436 e. The Kier molecular flexibility index (Phi) is 2.68. The van der Waals surface area contributed by atoms with E-state index < -0.39 is 0 Å². The van der Waals surface area contributed by atoms with Crippen molar-refractivity contribution >= 4 is 5.82 Å². The van der Waals surface area contributed by atoms with Crippen molar-refractivity contribution in [3.63, 3.8) is 0 Å². The number of aromatic nitrogens is 2. The van der Waals surface area contributed by atoms with Crippen molar-refractivity contribution < 1.29 is 9.13 Å². The van der Waals surface area contributed by atoms with Crippen LogP contribution in [0.3, 0.4) is 0 Å². The molecule has 1 aromatic carbocycles. The topological polar surface area (TPSA) is 61.0 Å². The van der Waals surface area contributed by atoms with Crippen molar-refractivity contribution in [1.82, 2.24) is 9.97 Å². The number of rotatable bonds is 2. The van der Waals surface area contributed by atoms with Crippen LogP contribution in [0, 0.1) is 12.7 Å². The highest BCUT2D eigenvalue weighted by Gasteiger charge is 2.07. The second-order valence-corrected chi connectivity index (χ2v) is 3.26. The molecule has 1 aromatic heterocycles. The molecule has 1 heterocycles. The summed E-state index contributed by atoms with van der Waals surface area (Å²) in [5, 5.41) is 0. The van der Waals surface area contributed by atoms with Gasteiger partial charge in [-0.25, -0.2) is 14.4 Å². The third-order valence-corrected chi connectivity index (χ3v) is 2.05. The molecule has 5 heteroatoms. The van der Waals surface area contributed by atoms with Crippen molar-refractivity contribution in [2.75, 3.05) is 5.73 Å². The van der Waals surface area contributed by atoms with Crippen LogP contribution in [0.1, 0.15) is 5.56 Å². The lowest BCUT2D eigenvalue weighted by molar-refractivity contribution is 0.455. The monoisotopic (exact) mass is 219 g/mol. The Balaban J connectivity index is 2.34. The molecule has 0 bridgehead atoms. The van der Waals surface area contributed by atoms with Gasteiger partial charge in [0.25, 0.3) is 5.88 Å². The quantitative estimate of drug-likeness (QED) is 0.841. The highest BCUT2D eigenvalue weighted by molar-refractivity contribution is 5.43. The lowest BCUT2D eigenvalue weighted by Crippen LogP contribution is -1.98. The van der Waals surface area contributed by atoms with Gasteiger partial charge in [-0.2, -0.15) is 0 Å². The zero-order valence-corrected chi connectivity index (χ0v) is 8.64. The lowest BCUT2D eigenvalue weighted by atomic mass is 10.2. The molecule has 0 amide bonds. The Morgan fingerprint density at radius 1 is 1.25 bits per heavy atom. The second kappa shape index (κ2) is 4.14. The maximum absolute atomic E-state index is 13.0. The predicted molar refractivity (Wildman–Crippen MR) is 57.7 cm³/mol. The van der Waals surface area contributed by atoms with Crippen LogP contribution in [-0.4, -0.2) is 9.97 Å². The minimum atomic E-state index is -0.372. The first-order valence-electron chi connectivity index (χ1n) is 4.67. The van der Waals surface area contributed by atoms with Gasteiger partial charge in [0.2, 0.25) is 0 Å². The molecule has 0 unspecified atom stereocenters. The van der Waals surface area contributed by atoms with Crippen molar-refractivity contribution in [3.8, 4) is 11.6 Å². The SMILES string of the molecule is Cc1ccc(F)cc1Oc1nccnc1N. The molecule has 4 nitrogen and oxygen atoms in total. The second-order valence-electron chi connectivity index (χ2n) is 3.26. The Bertz CT molecular complexity index is 516. The fraction of sp³-hybridized carbons (Fsp3) is 0.0909. The highest BCUT2D eigenvalue weighted by atomic mass is 19.1. The molecule has 0 spiro atoms. The normalized spacial score (nSPS) is 10.1. The average molecular weight is 219 g/mol.